The molecule has 4 fully saturated rings. The molecule has 1 aromatic carbocycles. The lowest BCUT2D eigenvalue weighted by Crippen LogP contribution is -2.54. The molecular weight excluding hydrogens is 404 g/mol. The van der Waals surface area contributed by atoms with Crippen LogP contribution in [0.15, 0.2) is 60.0 Å². The summed E-state index contributed by atoms with van der Waals surface area (Å²) >= 11 is 0. The van der Waals surface area contributed by atoms with Gasteiger partial charge in [0.15, 0.2) is 0 Å². The zero-order valence-electron chi connectivity index (χ0n) is 19.7. The van der Waals surface area contributed by atoms with Crippen molar-refractivity contribution in [1.82, 2.24) is 9.88 Å². The molecule has 2 aromatic rings. The Morgan fingerprint density at radius 3 is 2.91 bits per heavy atom. The van der Waals surface area contributed by atoms with Crippen LogP contribution >= 0.6 is 0 Å². The van der Waals surface area contributed by atoms with Gasteiger partial charge in [-0.1, -0.05) is 31.2 Å². The molecule has 3 nitrogen and oxygen atoms in total. The maximum Gasteiger partial charge on any atom is 0.0974 e. The zero-order valence-corrected chi connectivity index (χ0v) is 19.7. The molecule has 2 bridgehead atoms. The molecule has 0 amide bonds. The Hall–Kier alpha value is -1.97. The molecule has 2 saturated carbocycles. The maximum absolute atomic E-state index is 7.45. The van der Waals surface area contributed by atoms with Crippen molar-refractivity contribution in [3.05, 3.63) is 65.5 Å². The summed E-state index contributed by atoms with van der Waals surface area (Å²) < 4.78 is 7.45. The first-order valence-corrected chi connectivity index (χ1v) is 13.3. The Kier molecular flexibility index (Phi) is 3.73. The van der Waals surface area contributed by atoms with Crippen LogP contribution in [-0.4, -0.2) is 40.2 Å². The number of allylic oxidation sites excluding steroid dienone is 1. The van der Waals surface area contributed by atoms with E-state index in [4.69, 9.17) is 4.74 Å². The smallest absolute Gasteiger partial charge is 0.0974 e. The molecule has 6 atom stereocenters. The van der Waals surface area contributed by atoms with Crippen LogP contribution in [0.1, 0.15) is 69.8 Å². The van der Waals surface area contributed by atoms with E-state index in [1.54, 1.807) is 11.1 Å². The zero-order chi connectivity index (χ0) is 21.8. The highest BCUT2D eigenvalue weighted by Crippen LogP contribution is 2.69. The minimum Gasteiger partial charge on any atom is -0.359 e. The number of hydrogen-bond acceptors (Lipinski definition) is 3. The third-order valence-electron chi connectivity index (χ3n) is 10.7. The number of hydrogen-bond donors (Lipinski definition) is 0. The van der Waals surface area contributed by atoms with Gasteiger partial charge in [-0.3, -0.25) is 9.88 Å². The summed E-state index contributed by atoms with van der Waals surface area (Å²) in [4.78, 5) is 7.06. The molecule has 3 aliphatic carbocycles. The van der Waals surface area contributed by atoms with Crippen LogP contribution in [0.25, 0.3) is 10.8 Å². The second-order valence-electron chi connectivity index (χ2n) is 12.1. The van der Waals surface area contributed by atoms with Crippen molar-refractivity contribution in [3.63, 3.8) is 0 Å². The highest BCUT2D eigenvalue weighted by atomic mass is 16.5. The van der Waals surface area contributed by atoms with E-state index in [0.29, 0.717) is 11.8 Å². The number of pyridine rings is 1. The molecule has 1 aromatic heterocycles. The van der Waals surface area contributed by atoms with Crippen LogP contribution in [-0.2, 0) is 4.74 Å². The third-order valence-corrected chi connectivity index (χ3v) is 10.7. The van der Waals surface area contributed by atoms with Crippen LogP contribution in [0.5, 0.6) is 0 Å². The monoisotopic (exact) mass is 438 g/mol. The lowest BCUT2D eigenvalue weighted by Gasteiger charge is -2.54. The van der Waals surface area contributed by atoms with E-state index in [1.807, 2.05) is 12.4 Å². The molecule has 3 heteroatoms. The summed E-state index contributed by atoms with van der Waals surface area (Å²) in [7, 11) is 0. The van der Waals surface area contributed by atoms with Crippen molar-refractivity contribution in [2.45, 2.75) is 81.5 Å². The molecule has 0 N–H and O–H groups in total. The summed E-state index contributed by atoms with van der Waals surface area (Å²) in [6.45, 7) is 5.19. The minimum atomic E-state index is -0.0373. The lowest BCUT2D eigenvalue weighted by molar-refractivity contribution is -0.138. The number of benzene rings is 1. The van der Waals surface area contributed by atoms with Crippen molar-refractivity contribution in [1.29, 1.82) is 0 Å². The minimum absolute atomic E-state index is 0.0355. The van der Waals surface area contributed by atoms with E-state index < -0.39 is 0 Å². The van der Waals surface area contributed by atoms with E-state index in [2.05, 4.69) is 53.2 Å². The summed E-state index contributed by atoms with van der Waals surface area (Å²) in [6, 6.07) is 9.99. The van der Waals surface area contributed by atoms with Gasteiger partial charge in [0.1, 0.15) is 0 Å². The van der Waals surface area contributed by atoms with Crippen LogP contribution in [0.3, 0.4) is 0 Å². The van der Waals surface area contributed by atoms with Gasteiger partial charge >= 0.3 is 0 Å². The van der Waals surface area contributed by atoms with Crippen LogP contribution in [0, 0.1) is 11.3 Å². The van der Waals surface area contributed by atoms with Gasteiger partial charge in [0.25, 0.3) is 0 Å². The number of ether oxygens (including phenoxy) is 1. The number of aromatic nitrogens is 1. The Balaban J connectivity index is 1.18. The Morgan fingerprint density at radius 2 is 2.00 bits per heavy atom. The first kappa shape index (κ1) is 19.3. The third kappa shape index (κ3) is 2.51. The summed E-state index contributed by atoms with van der Waals surface area (Å²) in [6.07, 6.45) is 19.2. The highest BCUT2D eigenvalue weighted by Gasteiger charge is 2.66. The van der Waals surface area contributed by atoms with Gasteiger partial charge in [-0.05, 0) is 103 Å². The van der Waals surface area contributed by atoms with Gasteiger partial charge in [-0.15, -0.1) is 0 Å². The van der Waals surface area contributed by atoms with Gasteiger partial charge < -0.3 is 4.74 Å². The quantitative estimate of drug-likeness (QED) is 0.525. The van der Waals surface area contributed by atoms with E-state index in [9.17, 15) is 0 Å². The first-order valence-electron chi connectivity index (χ1n) is 13.3. The molecule has 4 heterocycles. The maximum atomic E-state index is 7.45. The molecule has 1 unspecified atom stereocenters. The predicted molar refractivity (Wildman–Crippen MR) is 131 cm³/mol. The molecule has 2 saturated heterocycles. The van der Waals surface area contributed by atoms with E-state index >= 15 is 0 Å². The molecule has 8 rings (SSSR count). The second-order valence-corrected chi connectivity index (χ2v) is 12.1. The fourth-order valence-electron chi connectivity index (χ4n) is 8.98. The second kappa shape index (κ2) is 6.37. The van der Waals surface area contributed by atoms with Crippen LogP contribution in [0.2, 0.25) is 0 Å². The van der Waals surface area contributed by atoms with Crippen molar-refractivity contribution < 1.29 is 4.74 Å². The Morgan fingerprint density at radius 1 is 1.06 bits per heavy atom. The predicted octanol–water partition coefficient (Wildman–Crippen LogP) is 6.16. The first-order chi connectivity index (χ1) is 16.1. The van der Waals surface area contributed by atoms with Gasteiger partial charge in [0.2, 0.25) is 0 Å². The molecule has 6 aliphatic rings. The highest BCUT2D eigenvalue weighted by molar-refractivity contribution is 5.82. The Labute approximate surface area is 196 Å². The Bertz CT molecular complexity index is 1230. The van der Waals surface area contributed by atoms with Gasteiger partial charge in [0.05, 0.1) is 11.2 Å². The number of fused-ring (bicyclic) bond motifs is 2. The molecule has 3 aliphatic heterocycles. The van der Waals surface area contributed by atoms with Crippen molar-refractivity contribution >= 4 is 10.8 Å². The summed E-state index contributed by atoms with van der Waals surface area (Å²) in [5.74, 6) is 1.22. The van der Waals surface area contributed by atoms with Crippen molar-refractivity contribution in [2.24, 2.45) is 11.3 Å². The summed E-state index contributed by atoms with van der Waals surface area (Å²) in [5.41, 5.74) is 4.94. The van der Waals surface area contributed by atoms with Crippen molar-refractivity contribution in [2.75, 3.05) is 13.1 Å². The fourth-order valence-corrected chi connectivity index (χ4v) is 8.98. The number of nitrogens with zero attached hydrogens (tertiary/aromatic N) is 2. The SMILES string of the molecule is C[C@]12CC=C3C=C4CC[C@H](N5CC5)CC45CC[C@]3(O5)[C@@H]1CC[C@@H]2c1ccc2ccncc2c1. The van der Waals surface area contributed by atoms with Crippen molar-refractivity contribution in [3.8, 4) is 0 Å². The lowest BCUT2D eigenvalue weighted by atomic mass is 9.58. The molecule has 2 spiro atoms. The molecular formula is C30H34N2O. The summed E-state index contributed by atoms with van der Waals surface area (Å²) in [5, 5.41) is 2.57. The van der Waals surface area contributed by atoms with Crippen LogP contribution < -0.4 is 0 Å². The van der Waals surface area contributed by atoms with E-state index in [1.165, 1.54) is 80.8 Å². The average Bonchev–Trinajstić information content (AvgIpc) is 3.56. The largest absolute Gasteiger partial charge is 0.359 e. The topological polar surface area (TPSA) is 25.1 Å². The number of rotatable bonds is 2. The van der Waals surface area contributed by atoms with Crippen LogP contribution in [0.4, 0.5) is 0 Å². The standard InChI is InChI=1S/C30H34N2O/c1-28-10-8-24-17-23-4-5-25(32-14-15-32)18-29(23)11-12-30(24,33-29)27(28)7-6-26(28)21-3-2-20-9-13-31-19-22(20)16-21/h2-3,8-9,13,16-17,19,25-27H,4-7,10-12,14-15,18H2,1H3/t25-,26+,27+,28+,29?,30+/m0/s1. The normalized spacial score (nSPS) is 43.5. The van der Waals surface area contributed by atoms with Gasteiger partial charge in [-0.25, -0.2) is 0 Å². The molecule has 33 heavy (non-hydrogen) atoms. The molecule has 170 valence electrons. The van der Waals surface area contributed by atoms with Gasteiger partial charge in [-0.2, -0.15) is 0 Å². The fraction of sp³-hybridized carbons (Fsp3) is 0.567. The molecule has 0 radical (unpaired) electrons. The average molecular weight is 439 g/mol. The van der Waals surface area contributed by atoms with Gasteiger partial charge in [0, 0.05) is 36.9 Å². The van der Waals surface area contributed by atoms with E-state index in [-0.39, 0.29) is 16.6 Å². The van der Waals surface area contributed by atoms with E-state index in [0.717, 1.165) is 6.04 Å².